The van der Waals surface area contributed by atoms with E-state index in [1.165, 1.54) is 4.90 Å². The van der Waals surface area contributed by atoms with E-state index < -0.39 is 0 Å². The molecular formula is C29H25BrN2O3S. The predicted octanol–water partition coefficient (Wildman–Crippen LogP) is 7.43. The Hall–Kier alpha value is -3.29. The van der Waals surface area contributed by atoms with Gasteiger partial charge in [-0.15, -0.1) is 0 Å². The minimum absolute atomic E-state index is 0.208. The minimum atomic E-state index is -0.281. The molecule has 36 heavy (non-hydrogen) atoms. The molecule has 5 rings (SSSR count). The van der Waals surface area contributed by atoms with Gasteiger partial charge in [0.15, 0.2) is 0 Å². The molecule has 7 heteroatoms. The van der Waals surface area contributed by atoms with E-state index in [0.717, 1.165) is 61.0 Å². The quantitative estimate of drug-likeness (QED) is 0.230. The van der Waals surface area contributed by atoms with Gasteiger partial charge in [0.25, 0.3) is 11.1 Å². The van der Waals surface area contributed by atoms with Crippen LogP contribution in [0.2, 0.25) is 0 Å². The number of amides is 2. The lowest BCUT2D eigenvalue weighted by Crippen LogP contribution is -2.32. The average molecular weight is 562 g/mol. The molecule has 1 aliphatic rings. The monoisotopic (exact) mass is 560 g/mol. The van der Waals surface area contributed by atoms with Crippen LogP contribution in [0, 0.1) is 20.8 Å². The first-order valence-electron chi connectivity index (χ1n) is 11.6. The zero-order chi connectivity index (χ0) is 25.4. The van der Waals surface area contributed by atoms with Crippen LogP contribution in [0.5, 0.6) is 5.75 Å². The van der Waals surface area contributed by atoms with Gasteiger partial charge in [-0.2, -0.15) is 0 Å². The van der Waals surface area contributed by atoms with Crippen molar-refractivity contribution < 1.29 is 14.3 Å². The molecule has 1 aliphatic heterocycles. The topological polar surface area (TPSA) is 51.5 Å². The molecular weight excluding hydrogens is 536 g/mol. The number of carbonyl (C=O) groups is 2. The molecule has 3 aromatic carbocycles. The molecule has 4 aromatic rings. The Labute approximate surface area is 222 Å². The minimum Gasteiger partial charge on any atom is -0.492 e. The van der Waals surface area contributed by atoms with Crippen LogP contribution in [0.4, 0.5) is 4.79 Å². The fourth-order valence-electron chi connectivity index (χ4n) is 4.54. The Balaban J connectivity index is 1.39. The first kappa shape index (κ1) is 24.4. The lowest BCUT2D eigenvalue weighted by Gasteiger charge is -2.14. The number of imide groups is 1. The first-order chi connectivity index (χ1) is 17.3. The van der Waals surface area contributed by atoms with Gasteiger partial charge in [-0.25, -0.2) is 0 Å². The summed E-state index contributed by atoms with van der Waals surface area (Å²) in [5.74, 6) is 0.446. The molecule has 1 fully saturated rings. The molecule has 0 radical (unpaired) electrons. The van der Waals surface area contributed by atoms with Gasteiger partial charge >= 0.3 is 0 Å². The second-order valence-electron chi connectivity index (χ2n) is 8.77. The van der Waals surface area contributed by atoms with Crippen molar-refractivity contribution in [2.24, 2.45) is 0 Å². The number of thioether (sulfide) groups is 1. The van der Waals surface area contributed by atoms with Crippen molar-refractivity contribution in [3.63, 3.8) is 0 Å². The van der Waals surface area contributed by atoms with Gasteiger partial charge in [0.05, 0.1) is 17.1 Å². The summed E-state index contributed by atoms with van der Waals surface area (Å²) < 4.78 is 8.99. The Morgan fingerprint density at radius 3 is 2.50 bits per heavy atom. The van der Waals surface area contributed by atoms with E-state index in [2.05, 4.69) is 57.8 Å². The maximum Gasteiger partial charge on any atom is 0.293 e. The van der Waals surface area contributed by atoms with E-state index in [4.69, 9.17) is 4.74 Å². The molecule has 182 valence electrons. The van der Waals surface area contributed by atoms with Crippen LogP contribution in [-0.4, -0.2) is 33.8 Å². The number of benzene rings is 3. The van der Waals surface area contributed by atoms with Gasteiger partial charge in [0, 0.05) is 21.2 Å². The molecule has 1 saturated heterocycles. The summed E-state index contributed by atoms with van der Waals surface area (Å²) in [6.07, 6.45) is 1.83. The number of hydrogen-bond donors (Lipinski definition) is 0. The highest BCUT2D eigenvalue weighted by Crippen LogP contribution is 2.35. The number of carbonyl (C=O) groups excluding carboxylic acids is 2. The Morgan fingerprint density at radius 1 is 0.944 bits per heavy atom. The molecule has 0 saturated carbocycles. The van der Waals surface area contributed by atoms with Crippen LogP contribution in [0.15, 0.2) is 76.1 Å². The predicted molar refractivity (Wildman–Crippen MR) is 150 cm³/mol. The van der Waals surface area contributed by atoms with Crippen molar-refractivity contribution in [2.45, 2.75) is 20.8 Å². The van der Waals surface area contributed by atoms with Gasteiger partial charge in [-0.3, -0.25) is 14.5 Å². The lowest BCUT2D eigenvalue weighted by atomic mass is 10.1. The lowest BCUT2D eigenvalue weighted by molar-refractivity contribution is -0.123. The van der Waals surface area contributed by atoms with E-state index in [9.17, 15) is 9.59 Å². The highest BCUT2D eigenvalue weighted by molar-refractivity contribution is 9.10. The van der Waals surface area contributed by atoms with Crippen molar-refractivity contribution in [1.29, 1.82) is 0 Å². The second-order valence-corrected chi connectivity index (χ2v) is 10.6. The number of fused-ring (bicyclic) bond motifs is 1. The summed E-state index contributed by atoms with van der Waals surface area (Å²) in [5.41, 5.74) is 5.15. The Bertz CT molecular complexity index is 1540. The van der Waals surface area contributed by atoms with E-state index >= 15 is 0 Å². The van der Waals surface area contributed by atoms with E-state index in [1.807, 2.05) is 56.3 Å². The molecule has 2 amide bonds. The third kappa shape index (κ3) is 4.61. The van der Waals surface area contributed by atoms with Gasteiger partial charge in [0.1, 0.15) is 12.4 Å². The van der Waals surface area contributed by atoms with Crippen molar-refractivity contribution in [1.82, 2.24) is 9.47 Å². The molecule has 0 aliphatic carbocycles. The summed E-state index contributed by atoms with van der Waals surface area (Å²) in [6, 6.07) is 22.2. The molecule has 2 heterocycles. The van der Waals surface area contributed by atoms with Crippen LogP contribution in [0.3, 0.4) is 0 Å². The summed E-state index contributed by atoms with van der Waals surface area (Å²) >= 11 is 4.63. The second kappa shape index (κ2) is 9.99. The Kier molecular flexibility index (Phi) is 6.77. The fourth-order valence-corrected chi connectivity index (χ4v) is 5.87. The van der Waals surface area contributed by atoms with E-state index in [-0.39, 0.29) is 24.3 Å². The summed E-state index contributed by atoms with van der Waals surface area (Å²) in [5, 5.41) is 2.00. The van der Waals surface area contributed by atoms with Gasteiger partial charge < -0.3 is 9.30 Å². The first-order valence-corrected chi connectivity index (χ1v) is 13.3. The van der Waals surface area contributed by atoms with Crippen molar-refractivity contribution in [3.05, 3.63) is 98.6 Å². The van der Waals surface area contributed by atoms with E-state index in [0.29, 0.717) is 4.91 Å². The molecule has 1 aromatic heterocycles. The number of nitrogens with zero attached hydrogens (tertiary/aromatic N) is 2. The van der Waals surface area contributed by atoms with Crippen LogP contribution < -0.4 is 4.74 Å². The summed E-state index contributed by atoms with van der Waals surface area (Å²) in [6.45, 7) is 6.54. The highest BCUT2D eigenvalue weighted by Gasteiger charge is 2.35. The van der Waals surface area contributed by atoms with Crippen molar-refractivity contribution in [3.8, 4) is 11.4 Å². The zero-order valence-corrected chi connectivity index (χ0v) is 22.7. The number of hydrogen-bond acceptors (Lipinski definition) is 4. The third-order valence-corrected chi connectivity index (χ3v) is 7.89. The summed E-state index contributed by atoms with van der Waals surface area (Å²) in [7, 11) is 0. The van der Waals surface area contributed by atoms with Crippen LogP contribution in [0.25, 0.3) is 22.5 Å². The van der Waals surface area contributed by atoms with Crippen molar-refractivity contribution in [2.75, 3.05) is 13.2 Å². The van der Waals surface area contributed by atoms with Gasteiger partial charge in [0.2, 0.25) is 0 Å². The number of aryl methyl sites for hydroxylation is 2. The van der Waals surface area contributed by atoms with Crippen molar-refractivity contribution >= 4 is 55.7 Å². The highest BCUT2D eigenvalue weighted by atomic mass is 79.9. The fraction of sp³-hybridized carbons (Fsp3) is 0.172. The standard InChI is InChI=1S/C29H25BrN2O3S/c1-18-7-6-8-22(15-18)35-14-13-31-28(33)27(36-29(31)34)17-21-16-19(2)32(20(21)3)26-12-11-25(30)23-9-4-5-10-24(23)26/h4-12,15-17H,13-14H2,1-3H3/b27-17-. The number of halogens is 1. The van der Waals surface area contributed by atoms with E-state index in [1.54, 1.807) is 0 Å². The largest absolute Gasteiger partial charge is 0.492 e. The van der Waals surface area contributed by atoms with Crippen LogP contribution >= 0.6 is 27.7 Å². The van der Waals surface area contributed by atoms with Crippen LogP contribution in [0.1, 0.15) is 22.5 Å². The maximum absolute atomic E-state index is 13.1. The molecule has 0 unspecified atom stereocenters. The number of ether oxygens (including phenoxy) is 1. The van der Waals surface area contributed by atoms with Gasteiger partial charge in [-0.05, 0) is 85.5 Å². The normalized spacial score (nSPS) is 14.9. The Morgan fingerprint density at radius 2 is 1.72 bits per heavy atom. The third-order valence-electron chi connectivity index (χ3n) is 6.29. The SMILES string of the molecule is Cc1cccc(OCCN2C(=O)S/C(=C\c3cc(C)n(-c4ccc(Br)c5ccccc45)c3C)C2=O)c1. The average Bonchev–Trinajstić information content (AvgIpc) is 3.28. The maximum atomic E-state index is 13.1. The van der Waals surface area contributed by atoms with Crippen LogP contribution in [-0.2, 0) is 4.79 Å². The molecule has 0 bridgehead atoms. The zero-order valence-electron chi connectivity index (χ0n) is 20.2. The molecule has 0 N–H and O–H groups in total. The molecule has 5 nitrogen and oxygen atoms in total. The summed E-state index contributed by atoms with van der Waals surface area (Å²) in [4.78, 5) is 27.3. The molecule has 0 spiro atoms. The van der Waals surface area contributed by atoms with Gasteiger partial charge in [-0.1, -0.05) is 52.3 Å². The number of rotatable bonds is 6. The smallest absolute Gasteiger partial charge is 0.293 e. The number of aromatic nitrogens is 1. The molecule has 0 atom stereocenters.